The van der Waals surface area contributed by atoms with E-state index in [0.29, 0.717) is 0 Å². The minimum absolute atomic E-state index is 0.0275. The van der Waals surface area contributed by atoms with E-state index < -0.39 is 0 Å². The molecule has 0 heterocycles. The smallest absolute Gasteiger partial charge is 0.123 e. The van der Waals surface area contributed by atoms with E-state index in [9.17, 15) is 4.39 Å². The number of halogens is 1. The molecule has 0 aliphatic rings. The number of hydrogen-bond donors (Lipinski definition) is 1. The summed E-state index contributed by atoms with van der Waals surface area (Å²) in [6.07, 6.45) is 1.25. The van der Waals surface area contributed by atoms with E-state index in [1.54, 1.807) is 12.1 Å². The molecule has 0 amide bonds. The second-order valence-electron chi connectivity index (χ2n) is 2.49. The van der Waals surface area contributed by atoms with Crippen LogP contribution in [-0.4, -0.2) is 5.11 Å². The number of hydrogen-bond acceptors (Lipinski definition) is 1. The molecule has 0 atom stereocenters. The Morgan fingerprint density at radius 1 is 1.17 bits per heavy atom. The third kappa shape index (κ3) is 4.85. The first kappa shape index (κ1) is 11.1. The second-order valence-corrected chi connectivity index (χ2v) is 2.49. The third-order valence-electron chi connectivity index (χ3n) is 1.10. The van der Waals surface area contributed by atoms with Crippen molar-refractivity contribution in [1.29, 1.82) is 0 Å². The first-order chi connectivity index (χ1) is 5.74. The summed E-state index contributed by atoms with van der Waals surface area (Å²) in [4.78, 5) is 0. The lowest BCUT2D eigenvalue weighted by atomic mass is 10.2. The normalized spacial score (nSPS) is 8.67. The van der Waals surface area contributed by atoms with Crippen molar-refractivity contribution >= 4 is 0 Å². The fraction of sp³-hybridized carbons (Fsp3) is 0.400. The Kier molecular flexibility index (Phi) is 6.29. The van der Waals surface area contributed by atoms with E-state index in [0.717, 1.165) is 5.56 Å². The third-order valence-corrected chi connectivity index (χ3v) is 1.10. The standard InChI is InChI=1S/C7H7FO.C3H8/c8-7-3-1-6(5-9)2-4-7;1-3-2/h1-4,9H,5H2;3H2,1-2H3. The summed E-state index contributed by atoms with van der Waals surface area (Å²) in [6, 6.07) is 5.75. The zero-order valence-electron chi connectivity index (χ0n) is 7.55. The van der Waals surface area contributed by atoms with Crippen molar-refractivity contribution in [3.63, 3.8) is 0 Å². The summed E-state index contributed by atoms with van der Waals surface area (Å²) in [7, 11) is 0. The van der Waals surface area contributed by atoms with Crippen molar-refractivity contribution in [1.82, 2.24) is 0 Å². The summed E-state index contributed by atoms with van der Waals surface area (Å²) >= 11 is 0. The summed E-state index contributed by atoms with van der Waals surface area (Å²) in [5.41, 5.74) is 0.733. The van der Waals surface area contributed by atoms with Gasteiger partial charge >= 0.3 is 0 Å². The zero-order valence-corrected chi connectivity index (χ0v) is 7.55. The van der Waals surface area contributed by atoms with Crippen LogP contribution < -0.4 is 0 Å². The molecule has 68 valence electrons. The summed E-state index contributed by atoms with van der Waals surface area (Å²) < 4.78 is 12.1. The SMILES string of the molecule is CCC.OCc1ccc(F)cc1. The molecule has 1 aromatic rings. The fourth-order valence-corrected chi connectivity index (χ4v) is 0.590. The van der Waals surface area contributed by atoms with Gasteiger partial charge in [-0.3, -0.25) is 0 Å². The van der Waals surface area contributed by atoms with Crippen LogP contribution in [0.4, 0.5) is 4.39 Å². The fourth-order valence-electron chi connectivity index (χ4n) is 0.590. The average molecular weight is 170 g/mol. The molecule has 12 heavy (non-hydrogen) atoms. The molecule has 0 saturated heterocycles. The zero-order chi connectivity index (χ0) is 9.40. The molecule has 1 N–H and O–H groups in total. The lowest BCUT2D eigenvalue weighted by Gasteiger charge is -1.91. The predicted molar refractivity (Wildman–Crippen MR) is 48.3 cm³/mol. The molecule has 0 aliphatic heterocycles. The Balaban J connectivity index is 0.000000354. The number of aliphatic hydroxyl groups is 1. The first-order valence-corrected chi connectivity index (χ1v) is 4.09. The Morgan fingerprint density at radius 2 is 1.58 bits per heavy atom. The molecule has 0 aliphatic carbocycles. The van der Waals surface area contributed by atoms with Gasteiger partial charge in [-0.05, 0) is 17.7 Å². The molecule has 1 rings (SSSR count). The molecule has 1 nitrogen and oxygen atoms in total. The van der Waals surface area contributed by atoms with Gasteiger partial charge in [-0.2, -0.15) is 0 Å². The summed E-state index contributed by atoms with van der Waals surface area (Å²) in [5.74, 6) is -0.271. The summed E-state index contributed by atoms with van der Waals surface area (Å²) in [6.45, 7) is 4.22. The minimum Gasteiger partial charge on any atom is -0.392 e. The highest BCUT2D eigenvalue weighted by Gasteiger charge is 1.88. The molecular weight excluding hydrogens is 155 g/mol. The highest BCUT2D eigenvalue weighted by Crippen LogP contribution is 2.00. The van der Waals surface area contributed by atoms with E-state index in [1.165, 1.54) is 18.6 Å². The highest BCUT2D eigenvalue weighted by atomic mass is 19.1. The van der Waals surface area contributed by atoms with Gasteiger partial charge in [0.1, 0.15) is 5.82 Å². The lowest BCUT2D eigenvalue weighted by Crippen LogP contribution is -1.81. The maximum absolute atomic E-state index is 12.1. The second kappa shape index (κ2) is 6.80. The lowest BCUT2D eigenvalue weighted by molar-refractivity contribution is 0.281. The van der Waals surface area contributed by atoms with E-state index >= 15 is 0 Å². The van der Waals surface area contributed by atoms with Crippen molar-refractivity contribution in [3.05, 3.63) is 35.6 Å². The molecule has 0 unspecified atom stereocenters. The van der Waals surface area contributed by atoms with E-state index in [2.05, 4.69) is 13.8 Å². The average Bonchev–Trinajstić information content (AvgIpc) is 2.07. The van der Waals surface area contributed by atoms with Gasteiger partial charge in [-0.15, -0.1) is 0 Å². The van der Waals surface area contributed by atoms with Gasteiger partial charge < -0.3 is 5.11 Å². The Labute approximate surface area is 72.9 Å². The quantitative estimate of drug-likeness (QED) is 0.687. The molecule has 0 spiro atoms. The molecule has 0 bridgehead atoms. The van der Waals surface area contributed by atoms with Gasteiger partial charge in [0.15, 0.2) is 0 Å². The molecule has 1 aromatic carbocycles. The van der Waals surface area contributed by atoms with Gasteiger partial charge in [-0.1, -0.05) is 32.4 Å². The summed E-state index contributed by atoms with van der Waals surface area (Å²) in [5, 5.41) is 8.51. The Morgan fingerprint density at radius 3 is 1.92 bits per heavy atom. The maximum Gasteiger partial charge on any atom is 0.123 e. The van der Waals surface area contributed by atoms with Crippen LogP contribution in [0.2, 0.25) is 0 Å². The van der Waals surface area contributed by atoms with Crippen LogP contribution in [-0.2, 0) is 6.61 Å². The van der Waals surface area contributed by atoms with Crippen molar-refractivity contribution < 1.29 is 9.50 Å². The van der Waals surface area contributed by atoms with Crippen LogP contribution in [0.3, 0.4) is 0 Å². The van der Waals surface area contributed by atoms with Gasteiger partial charge in [0.2, 0.25) is 0 Å². The number of rotatable bonds is 1. The van der Waals surface area contributed by atoms with Gasteiger partial charge in [0.25, 0.3) is 0 Å². The molecule has 2 heteroatoms. The molecule has 0 radical (unpaired) electrons. The van der Waals surface area contributed by atoms with Crippen molar-refractivity contribution in [2.45, 2.75) is 26.9 Å². The van der Waals surface area contributed by atoms with Gasteiger partial charge in [-0.25, -0.2) is 4.39 Å². The molecular formula is C10H15FO. The van der Waals surface area contributed by atoms with Crippen LogP contribution >= 0.6 is 0 Å². The van der Waals surface area contributed by atoms with Crippen LogP contribution in [0.5, 0.6) is 0 Å². The van der Waals surface area contributed by atoms with Crippen molar-refractivity contribution in [3.8, 4) is 0 Å². The molecule has 0 saturated carbocycles. The van der Waals surface area contributed by atoms with E-state index in [-0.39, 0.29) is 12.4 Å². The first-order valence-electron chi connectivity index (χ1n) is 4.09. The van der Waals surface area contributed by atoms with Crippen LogP contribution in [0.25, 0.3) is 0 Å². The van der Waals surface area contributed by atoms with Gasteiger partial charge in [0, 0.05) is 0 Å². The van der Waals surface area contributed by atoms with Crippen molar-refractivity contribution in [2.75, 3.05) is 0 Å². The maximum atomic E-state index is 12.1. The monoisotopic (exact) mass is 170 g/mol. The minimum atomic E-state index is -0.271. The van der Waals surface area contributed by atoms with Gasteiger partial charge in [0.05, 0.1) is 6.61 Å². The van der Waals surface area contributed by atoms with Crippen molar-refractivity contribution in [2.24, 2.45) is 0 Å². The predicted octanol–water partition coefficient (Wildman–Crippen LogP) is 2.73. The largest absolute Gasteiger partial charge is 0.392 e. The molecule has 0 fully saturated rings. The Hall–Kier alpha value is -0.890. The van der Waals surface area contributed by atoms with Crippen LogP contribution in [0.15, 0.2) is 24.3 Å². The molecule has 0 aromatic heterocycles. The number of benzene rings is 1. The topological polar surface area (TPSA) is 20.2 Å². The Bertz CT molecular complexity index is 193. The van der Waals surface area contributed by atoms with E-state index in [4.69, 9.17) is 5.11 Å². The highest BCUT2D eigenvalue weighted by molar-refractivity contribution is 5.14. The van der Waals surface area contributed by atoms with Crippen LogP contribution in [0.1, 0.15) is 25.8 Å². The van der Waals surface area contributed by atoms with E-state index in [1.807, 2.05) is 0 Å². The van der Waals surface area contributed by atoms with Crippen LogP contribution in [0, 0.1) is 5.82 Å². The number of aliphatic hydroxyl groups excluding tert-OH is 1.